The number of carboxylic acid groups (broad SMARTS) is 1. The van der Waals surface area contributed by atoms with E-state index in [4.69, 9.17) is 9.84 Å². The molecular weight excluding hydrogens is 256 g/mol. The number of ether oxygens (including phenoxy) is 1. The molecule has 20 heavy (non-hydrogen) atoms. The average molecular weight is 276 g/mol. The van der Waals surface area contributed by atoms with E-state index in [1.807, 2.05) is 30.3 Å². The molecule has 1 fully saturated rings. The Morgan fingerprint density at radius 1 is 1.25 bits per heavy atom. The summed E-state index contributed by atoms with van der Waals surface area (Å²) in [6.07, 6.45) is 2.26. The Bertz CT molecular complexity index is 473. The summed E-state index contributed by atoms with van der Waals surface area (Å²) < 4.78 is 5.31. The van der Waals surface area contributed by atoms with Gasteiger partial charge in [-0.3, -0.25) is 9.59 Å². The normalized spacial score (nSPS) is 25.9. The lowest BCUT2D eigenvalue weighted by atomic mass is 9.72. The highest BCUT2D eigenvalue weighted by molar-refractivity contribution is 5.76. The van der Waals surface area contributed by atoms with Gasteiger partial charge in [0.25, 0.3) is 0 Å². The van der Waals surface area contributed by atoms with Crippen molar-refractivity contribution >= 4 is 11.9 Å². The highest BCUT2D eigenvalue weighted by Gasteiger charge is 2.39. The number of hydrogen-bond acceptors (Lipinski definition) is 3. The van der Waals surface area contributed by atoms with Gasteiger partial charge in [-0.25, -0.2) is 0 Å². The van der Waals surface area contributed by atoms with Crippen LogP contribution in [-0.4, -0.2) is 17.0 Å². The molecule has 108 valence electrons. The van der Waals surface area contributed by atoms with E-state index in [0.717, 1.165) is 5.56 Å². The van der Waals surface area contributed by atoms with Crippen LogP contribution in [0.3, 0.4) is 0 Å². The lowest BCUT2D eigenvalue weighted by Gasteiger charge is -2.32. The van der Waals surface area contributed by atoms with E-state index < -0.39 is 11.4 Å². The molecule has 0 aliphatic heterocycles. The molecule has 2 rings (SSSR count). The van der Waals surface area contributed by atoms with Crippen LogP contribution in [0.5, 0.6) is 0 Å². The average Bonchev–Trinajstić information content (AvgIpc) is 2.46. The van der Waals surface area contributed by atoms with E-state index in [-0.39, 0.29) is 18.5 Å². The van der Waals surface area contributed by atoms with Gasteiger partial charge < -0.3 is 9.84 Å². The fourth-order valence-electron chi connectivity index (χ4n) is 2.55. The Hall–Kier alpha value is -1.84. The Balaban J connectivity index is 1.82. The van der Waals surface area contributed by atoms with Crippen LogP contribution in [-0.2, 0) is 20.9 Å². The lowest BCUT2D eigenvalue weighted by molar-refractivity contribution is -0.157. The first kappa shape index (κ1) is 14.6. The van der Waals surface area contributed by atoms with Gasteiger partial charge >= 0.3 is 11.9 Å². The molecule has 0 amide bonds. The molecule has 0 spiro atoms. The van der Waals surface area contributed by atoms with Crippen molar-refractivity contribution in [2.75, 3.05) is 0 Å². The fourth-order valence-corrected chi connectivity index (χ4v) is 2.55. The predicted molar refractivity (Wildman–Crippen MR) is 73.9 cm³/mol. The number of carbonyl (C=O) groups excluding carboxylic acids is 1. The van der Waals surface area contributed by atoms with Crippen molar-refractivity contribution in [1.82, 2.24) is 0 Å². The monoisotopic (exact) mass is 276 g/mol. The third kappa shape index (κ3) is 3.38. The molecule has 1 aliphatic carbocycles. The third-order valence-electron chi connectivity index (χ3n) is 4.16. The molecular formula is C16H20O4. The van der Waals surface area contributed by atoms with Gasteiger partial charge in [0.2, 0.25) is 0 Å². The van der Waals surface area contributed by atoms with Gasteiger partial charge in [0.05, 0.1) is 11.3 Å². The molecule has 0 saturated heterocycles. The number of carboxylic acids is 1. The zero-order valence-electron chi connectivity index (χ0n) is 11.7. The quantitative estimate of drug-likeness (QED) is 0.859. The Morgan fingerprint density at radius 3 is 2.40 bits per heavy atom. The van der Waals surface area contributed by atoms with Crippen LogP contribution >= 0.6 is 0 Å². The van der Waals surface area contributed by atoms with Gasteiger partial charge in [-0.05, 0) is 38.2 Å². The summed E-state index contributed by atoms with van der Waals surface area (Å²) in [5, 5.41) is 9.16. The van der Waals surface area contributed by atoms with Crippen LogP contribution in [0.1, 0.15) is 38.2 Å². The van der Waals surface area contributed by atoms with Crippen LogP contribution in [0, 0.1) is 11.3 Å². The summed E-state index contributed by atoms with van der Waals surface area (Å²) in [5.41, 5.74) is 0.281. The van der Waals surface area contributed by atoms with Crippen molar-refractivity contribution in [3.8, 4) is 0 Å². The van der Waals surface area contributed by atoms with E-state index in [1.54, 1.807) is 6.92 Å². The topological polar surface area (TPSA) is 63.6 Å². The summed E-state index contributed by atoms with van der Waals surface area (Å²) in [6.45, 7) is 2.03. The third-order valence-corrected chi connectivity index (χ3v) is 4.16. The molecule has 1 N–H and O–H groups in total. The zero-order valence-corrected chi connectivity index (χ0v) is 11.7. The molecule has 4 nitrogen and oxygen atoms in total. The van der Waals surface area contributed by atoms with Crippen molar-refractivity contribution in [3.63, 3.8) is 0 Å². The smallest absolute Gasteiger partial charge is 0.309 e. The van der Waals surface area contributed by atoms with Crippen molar-refractivity contribution in [2.45, 2.75) is 39.2 Å². The van der Waals surface area contributed by atoms with E-state index in [1.165, 1.54) is 0 Å². The molecule has 0 unspecified atom stereocenters. The maximum absolute atomic E-state index is 12.0. The maximum Gasteiger partial charge on any atom is 0.309 e. The first-order valence-corrected chi connectivity index (χ1v) is 6.95. The van der Waals surface area contributed by atoms with Gasteiger partial charge in [0, 0.05) is 0 Å². The molecule has 4 heteroatoms. The van der Waals surface area contributed by atoms with Crippen LogP contribution < -0.4 is 0 Å². The summed E-state index contributed by atoms with van der Waals surface area (Å²) in [5.74, 6) is -1.14. The lowest BCUT2D eigenvalue weighted by Crippen LogP contribution is -2.35. The molecule has 1 aliphatic rings. The standard InChI is InChI=1S/C16H20O4/c1-16(15(18)19)9-7-13(8-10-16)14(17)20-11-12-5-3-2-4-6-12/h2-6,13H,7-11H2,1H3,(H,18,19). The van der Waals surface area contributed by atoms with Crippen molar-refractivity contribution in [2.24, 2.45) is 11.3 Å². The summed E-state index contributed by atoms with van der Waals surface area (Å²) in [4.78, 5) is 23.1. The summed E-state index contributed by atoms with van der Waals surface area (Å²) in [6, 6.07) is 9.55. The highest BCUT2D eigenvalue weighted by Crippen LogP contribution is 2.39. The van der Waals surface area contributed by atoms with Crippen molar-refractivity contribution in [3.05, 3.63) is 35.9 Å². The Kier molecular flexibility index (Phi) is 4.42. The molecule has 0 radical (unpaired) electrons. The second-order valence-electron chi connectivity index (χ2n) is 5.73. The second kappa shape index (κ2) is 6.07. The van der Waals surface area contributed by atoms with Gasteiger partial charge in [0.15, 0.2) is 0 Å². The summed E-state index contributed by atoms with van der Waals surface area (Å²) in [7, 11) is 0. The number of carbonyl (C=O) groups is 2. The van der Waals surface area contributed by atoms with Crippen molar-refractivity contribution in [1.29, 1.82) is 0 Å². The number of benzene rings is 1. The van der Waals surface area contributed by atoms with E-state index >= 15 is 0 Å². The maximum atomic E-state index is 12.0. The highest BCUT2D eigenvalue weighted by atomic mass is 16.5. The SMILES string of the molecule is CC1(C(=O)O)CCC(C(=O)OCc2ccccc2)CC1. The number of rotatable bonds is 4. The van der Waals surface area contributed by atoms with Gasteiger partial charge in [0.1, 0.15) is 6.61 Å². The van der Waals surface area contributed by atoms with Crippen LogP contribution in [0.15, 0.2) is 30.3 Å². The van der Waals surface area contributed by atoms with Crippen molar-refractivity contribution < 1.29 is 19.4 Å². The molecule has 1 aromatic rings. The minimum atomic E-state index is -0.770. The van der Waals surface area contributed by atoms with E-state index in [9.17, 15) is 9.59 Å². The number of hydrogen-bond donors (Lipinski definition) is 1. The first-order chi connectivity index (χ1) is 9.51. The molecule has 0 atom stereocenters. The van der Waals surface area contributed by atoms with Gasteiger partial charge in [-0.1, -0.05) is 30.3 Å². The Labute approximate surface area is 118 Å². The molecule has 0 heterocycles. The van der Waals surface area contributed by atoms with E-state index in [2.05, 4.69) is 0 Å². The van der Waals surface area contributed by atoms with Crippen LogP contribution in [0.25, 0.3) is 0 Å². The molecule has 1 saturated carbocycles. The van der Waals surface area contributed by atoms with Crippen LogP contribution in [0.2, 0.25) is 0 Å². The van der Waals surface area contributed by atoms with Crippen LogP contribution in [0.4, 0.5) is 0 Å². The number of aliphatic carboxylic acids is 1. The summed E-state index contributed by atoms with van der Waals surface area (Å²) >= 11 is 0. The van der Waals surface area contributed by atoms with Gasteiger partial charge in [-0.2, -0.15) is 0 Å². The minimum Gasteiger partial charge on any atom is -0.481 e. The minimum absolute atomic E-state index is 0.161. The largest absolute Gasteiger partial charge is 0.481 e. The zero-order chi connectivity index (χ0) is 14.6. The second-order valence-corrected chi connectivity index (χ2v) is 5.73. The predicted octanol–water partition coefficient (Wildman–Crippen LogP) is 3.01. The van der Waals surface area contributed by atoms with Gasteiger partial charge in [-0.15, -0.1) is 0 Å². The fraction of sp³-hybridized carbons (Fsp3) is 0.500. The first-order valence-electron chi connectivity index (χ1n) is 6.95. The molecule has 1 aromatic carbocycles. The Morgan fingerprint density at radius 2 is 1.85 bits per heavy atom. The molecule has 0 bridgehead atoms. The number of esters is 1. The molecule has 0 aromatic heterocycles. The van der Waals surface area contributed by atoms with E-state index in [0.29, 0.717) is 25.7 Å².